The summed E-state index contributed by atoms with van der Waals surface area (Å²) in [5, 5.41) is 5.73. The van der Waals surface area contributed by atoms with Crippen molar-refractivity contribution in [1.82, 2.24) is 0 Å². The second-order valence-electron chi connectivity index (χ2n) is 13.4. The quantitative estimate of drug-likeness (QED) is 0.153. The molecule has 0 unspecified atom stereocenters. The van der Waals surface area contributed by atoms with Gasteiger partial charge in [0.05, 0.1) is 0 Å². The molecule has 7 rings (SSSR count). The van der Waals surface area contributed by atoms with Gasteiger partial charge in [-0.3, -0.25) is 0 Å². The Bertz CT molecular complexity index is 2180. The van der Waals surface area contributed by atoms with Gasteiger partial charge in [-0.25, -0.2) is 9.59 Å². The molecule has 0 saturated heterocycles. The lowest BCUT2D eigenvalue weighted by molar-refractivity contribution is 0.543. The lowest BCUT2D eigenvalue weighted by Gasteiger charge is -2.19. The molecule has 214 valence electrons. The van der Waals surface area contributed by atoms with Crippen molar-refractivity contribution < 1.29 is 13.3 Å². The van der Waals surface area contributed by atoms with Gasteiger partial charge >= 0.3 is 11.3 Å². The lowest BCUT2D eigenvalue weighted by atomic mass is 9.85. The largest absolute Gasteiger partial charge is 0.456 e. The van der Waals surface area contributed by atoms with Gasteiger partial charge in [0, 0.05) is 10.8 Å². The molecule has 3 heterocycles. The van der Waals surface area contributed by atoms with Crippen LogP contribution in [0.15, 0.2) is 108 Å². The molecule has 0 saturated carbocycles. The smallest absolute Gasteiger partial charge is 0.347 e. The summed E-state index contributed by atoms with van der Waals surface area (Å²) in [7, 11) is 0. The second-order valence-corrected chi connectivity index (χ2v) is 13.4. The van der Waals surface area contributed by atoms with Crippen LogP contribution in [0.4, 0.5) is 0 Å². The van der Waals surface area contributed by atoms with Gasteiger partial charge in [-0.1, -0.05) is 90.1 Å². The molecule has 0 amide bonds. The van der Waals surface area contributed by atoms with Crippen molar-refractivity contribution in [2.75, 3.05) is 0 Å². The van der Waals surface area contributed by atoms with Gasteiger partial charge in [-0.15, -0.1) is 0 Å². The molecule has 0 spiro atoms. The van der Waals surface area contributed by atoms with Crippen molar-refractivity contribution in [3.8, 4) is 22.6 Å². The molecule has 5 nitrogen and oxygen atoms in total. The highest BCUT2D eigenvalue weighted by Crippen LogP contribution is 2.35. The molecule has 0 aliphatic carbocycles. The third-order valence-corrected chi connectivity index (χ3v) is 8.33. The van der Waals surface area contributed by atoms with E-state index in [2.05, 4.69) is 77.9 Å². The molecular formula is C38H32O5. The Kier molecular flexibility index (Phi) is 5.83. The van der Waals surface area contributed by atoms with Crippen LogP contribution in [0.2, 0.25) is 0 Å². The molecule has 43 heavy (non-hydrogen) atoms. The predicted molar refractivity (Wildman–Crippen MR) is 174 cm³/mol. The standard InChI is InChI=1S/C38H32O5/c1-37(2,3)23-9-11-25-21(17-23)7-13-31-27(25)19-29(35(39)42-31)33-15-16-34(41-33)30-20-28-26-12-10-24(38(4,5)6)18-22(26)8-14-32(28)43-36(30)40/h7-20H,1-6H3. The van der Waals surface area contributed by atoms with E-state index in [9.17, 15) is 9.59 Å². The Labute approximate surface area is 248 Å². The van der Waals surface area contributed by atoms with Crippen LogP contribution in [0.1, 0.15) is 52.7 Å². The molecule has 0 fully saturated rings. The van der Waals surface area contributed by atoms with E-state index in [1.807, 2.05) is 36.4 Å². The number of furan rings is 1. The Morgan fingerprint density at radius 3 is 1.26 bits per heavy atom. The lowest BCUT2D eigenvalue weighted by Crippen LogP contribution is -2.10. The fourth-order valence-electron chi connectivity index (χ4n) is 5.76. The molecule has 0 aliphatic heterocycles. The molecule has 0 radical (unpaired) electrons. The van der Waals surface area contributed by atoms with Crippen LogP contribution in [0, 0.1) is 0 Å². The molecular weight excluding hydrogens is 536 g/mol. The first-order valence-electron chi connectivity index (χ1n) is 14.5. The zero-order valence-corrected chi connectivity index (χ0v) is 25.1. The molecule has 0 atom stereocenters. The number of hydrogen-bond donors (Lipinski definition) is 0. The molecule has 0 aliphatic rings. The predicted octanol–water partition coefficient (Wildman–Crippen LogP) is 9.73. The van der Waals surface area contributed by atoms with Crippen molar-refractivity contribution in [2.45, 2.75) is 52.4 Å². The van der Waals surface area contributed by atoms with Gasteiger partial charge in [-0.2, -0.15) is 0 Å². The number of benzene rings is 4. The van der Waals surface area contributed by atoms with Crippen LogP contribution in [0.5, 0.6) is 0 Å². The van der Waals surface area contributed by atoms with Crippen LogP contribution in [-0.4, -0.2) is 0 Å². The van der Waals surface area contributed by atoms with Crippen molar-refractivity contribution in [2.24, 2.45) is 0 Å². The molecule has 7 aromatic rings. The molecule has 0 N–H and O–H groups in total. The number of fused-ring (bicyclic) bond motifs is 6. The third-order valence-electron chi connectivity index (χ3n) is 8.33. The van der Waals surface area contributed by atoms with Gasteiger partial charge in [0.15, 0.2) is 0 Å². The average molecular weight is 569 g/mol. The van der Waals surface area contributed by atoms with Gasteiger partial charge in [0.2, 0.25) is 0 Å². The van der Waals surface area contributed by atoms with Crippen LogP contribution >= 0.6 is 0 Å². The van der Waals surface area contributed by atoms with E-state index >= 15 is 0 Å². The topological polar surface area (TPSA) is 73.6 Å². The summed E-state index contributed by atoms with van der Waals surface area (Å²) in [6.45, 7) is 13.1. The van der Waals surface area contributed by atoms with Gasteiger partial charge < -0.3 is 13.3 Å². The summed E-state index contributed by atoms with van der Waals surface area (Å²) >= 11 is 0. The summed E-state index contributed by atoms with van der Waals surface area (Å²) in [6.07, 6.45) is 0. The third kappa shape index (κ3) is 4.56. The normalized spacial score (nSPS) is 12.6. The first-order chi connectivity index (χ1) is 20.4. The van der Waals surface area contributed by atoms with Gasteiger partial charge in [0.1, 0.15) is 33.8 Å². The van der Waals surface area contributed by atoms with Gasteiger partial charge in [-0.05, 0) is 79.9 Å². The van der Waals surface area contributed by atoms with Crippen LogP contribution in [0.3, 0.4) is 0 Å². The maximum Gasteiger partial charge on any atom is 0.347 e. The van der Waals surface area contributed by atoms with Crippen molar-refractivity contribution >= 4 is 43.5 Å². The minimum atomic E-state index is -0.509. The van der Waals surface area contributed by atoms with E-state index in [4.69, 9.17) is 13.3 Å². The Morgan fingerprint density at radius 1 is 0.442 bits per heavy atom. The summed E-state index contributed by atoms with van der Waals surface area (Å²) in [4.78, 5) is 26.2. The van der Waals surface area contributed by atoms with E-state index in [1.54, 1.807) is 12.1 Å². The second kappa shape index (κ2) is 9.30. The van der Waals surface area contributed by atoms with E-state index in [-0.39, 0.29) is 22.0 Å². The number of rotatable bonds is 2. The Morgan fingerprint density at radius 2 is 0.860 bits per heavy atom. The van der Waals surface area contributed by atoms with Crippen molar-refractivity contribution in [3.05, 3.63) is 117 Å². The van der Waals surface area contributed by atoms with Gasteiger partial charge in [0.25, 0.3) is 0 Å². The first-order valence-corrected chi connectivity index (χ1v) is 14.5. The summed E-state index contributed by atoms with van der Waals surface area (Å²) in [5.41, 5.74) is 3.05. The maximum atomic E-state index is 13.1. The monoisotopic (exact) mass is 568 g/mol. The Balaban J connectivity index is 1.35. The number of hydrogen-bond acceptors (Lipinski definition) is 5. The summed E-state index contributed by atoms with van der Waals surface area (Å²) in [6, 6.07) is 27.4. The highest BCUT2D eigenvalue weighted by molar-refractivity contribution is 6.07. The highest BCUT2D eigenvalue weighted by atomic mass is 16.4. The Hall–Kier alpha value is -4.90. The minimum Gasteiger partial charge on any atom is -0.456 e. The molecule has 3 aromatic heterocycles. The molecule has 4 aromatic carbocycles. The van der Waals surface area contributed by atoms with Crippen LogP contribution in [0.25, 0.3) is 66.1 Å². The molecule has 5 heteroatoms. The zero-order chi connectivity index (χ0) is 30.3. The van der Waals surface area contributed by atoms with E-state index in [0.29, 0.717) is 22.7 Å². The van der Waals surface area contributed by atoms with Crippen molar-refractivity contribution in [3.63, 3.8) is 0 Å². The SMILES string of the molecule is CC(C)(C)c1ccc2c(ccc3oc(=O)c(-c4ccc(-c5cc6c(ccc7cc(C(C)(C)C)ccc76)oc5=O)o4)cc32)c1. The molecule has 0 bridgehead atoms. The summed E-state index contributed by atoms with van der Waals surface area (Å²) in [5.74, 6) is 0.641. The minimum absolute atomic E-state index is 0.0131. The fraction of sp³-hybridized carbons (Fsp3) is 0.211. The maximum absolute atomic E-state index is 13.1. The van der Waals surface area contributed by atoms with E-state index in [1.165, 1.54) is 11.1 Å². The van der Waals surface area contributed by atoms with Crippen LogP contribution in [-0.2, 0) is 10.8 Å². The summed E-state index contributed by atoms with van der Waals surface area (Å²) < 4.78 is 17.6. The highest BCUT2D eigenvalue weighted by Gasteiger charge is 2.20. The average Bonchev–Trinajstić information content (AvgIpc) is 3.44. The first kappa shape index (κ1) is 27.0. The van der Waals surface area contributed by atoms with E-state index < -0.39 is 11.3 Å². The zero-order valence-electron chi connectivity index (χ0n) is 25.1. The van der Waals surface area contributed by atoms with Crippen molar-refractivity contribution in [1.29, 1.82) is 0 Å². The van der Waals surface area contributed by atoms with Crippen LogP contribution < -0.4 is 11.3 Å². The fourth-order valence-corrected chi connectivity index (χ4v) is 5.76. The van der Waals surface area contributed by atoms with E-state index in [0.717, 1.165) is 32.3 Å².